The fourth-order valence-corrected chi connectivity index (χ4v) is 7.40. The average Bonchev–Trinajstić information content (AvgIpc) is 3.59. The van der Waals surface area contributed by atoms with Gasteiger partial charge in [0.25, 0.3) is 0 Å². The molecule has 6 nitrogen and oxygen atoms in total. The minimum Gasteiger partial charge on any atom is -0.478 e. The number of benzene rings is 3. The van der Waals surface area contributed by atoms with E-state index in [4.69, 9.17) is 26.6 Å². The van der Waals surface area contributed by atoms with Gasteiger partial charge in [-0.25, -0.2) is 9.78 Å². The van der Waals surface area contributed by atoms with Crippen molar-refractivity contribution in [1.29, 1.82) is 0 Å². The maximum absolute atomic E-state index is 11.6. The number of nitrogens with zero attached hydrogens (tertiary/aromatic N) is 4. The summed E-state index contributed by atoms with van der Waals surface area (Å²) in [5, 5.41) is 12.3. The van der Waals surface area contributed by atoms with Crippen LogP contribution >= 0.6 is 23.4 Å². The zero-order valence-electron chi connectivity index (χ0n) is 22.7. The number of halogens is 1. The van der Waals surface area contributed by atoms with Gasteiger partial charge >= 0.3 is 5.97 Å². The molecule has 0 amide bonds. The number of aromatic nitrogens is 3. The number of carbonyl (C=O) groups is 1. The van der Waals surface area contributed by atoms with Crippen molar-refractivity contribution in [3.63, 3.8) is 0 Å². The molecular weight excluding hydrogens is 552 g/mol. The van der Waals surface area contributed by atoms with E-state index in [1.165, 1.54) is 19.3 Å². The van der Waals surface area contributed by atoms with Crippen LogP contribution in [0.5, 0.6) is 0 Å². The first kappa shape index (κ1) is 26.2. The molecule has 3 aromatic carbocycles. The van der Waals surface area contributed by atoms with Crippen LogP contribution in [-0.2, 0) is 5.54 Å². The SMILES string of the molecule is CC1(c2ccc3cc(-c4nc5cc(C(=O)O)ccc5n4C4CCCCC4)ccc3n2)CSC(c2ccc(Cl)cc2)=N1. The number of pyridine rings is 1. The van der Waals surface area contributed by atoms with E-state index in [9.17, 15) is 9.90 Å². The highest BCUT2D eigenvalue weighted by molar-refractivity contribution is 8.14. The number of aromatic carboxylic acids is 1. The van der Waals surface area contributed by atoms with Gasteiger partial charge in [-0.05, 0) is 74.4 Å². The van der Waals surface area contributed by atoms with E-state index in [0.29, 0.717) is 6.04 Å². The smallest absolute Gasteiger partial charge is 0.335 e. The third kappa shape index (κ3) is 4.81. The van der Waals surface area contributed by atoms with E-state index in [1.54, 1.807) is 23.9 Å². The number of hydrogen-bond donors (Lipinski definition) is 1. The summed E-state index contributed by atoms with van der Waals surface area (Å²) in [4.78, 5) is 26.8. The summed E-state index contributed by atoms with van der Waals surface area (Å²) in [6.45, 7) is 2.14. The first-order valence-electron chi connectivity index (χ1n) is 14.0. The number of fused-ring (bicyclic) bond motifs is 2. The molecule has 5 aromatic rings. The normalized spacial score (nSPS) is 19.6. The Morgan fingerprint density at radius 2 is 1.71 bits per heavy atom. The zero-order valence-corrected chi connectivity index (χ0v) is 24.3. The van der Waals surface area contributed by atoms with Crippen molar-refractivity contribution < 1.29 is 9.90 Å². The van der Waals surface area contributed by atoms with Crippen molar-refractivity contribution in [3.05, 3.63) is 94.6 Å². The standard InChI is InChI=1S/C33H29ClN4O2S/c1-33(19-41-31(37-33)20-7-12-24(34)13-8-20)29-16-11-21-17-22(9-14-26(21)35-29)30-36-27-18-23(32(39)40)10-15-28(27)38(30)25-5-3-2-4-6-25/h7-18,25H,2-6,19H2,1H3,(H,39,40). The third-order valence-corrected chi connectivity index (χ3v) is 9.86. The quantitative estimate of drug-likeness (QED) is 0.225. The van der Waals surface area contributed by atoms with Crippen molar-refractivity contribution in [2.75, 3.05) is 5.75 Å². The number of thioether (sulfide) groups is 1. The molecule has 1 aliphatic carbocycles. The second kappa shape index (κ2) is 10.3. The number of hydrogen-bond acceptors (Lipinski definition) is 5. The largest absolute Gasteiger partial charge is 0.478 e. The molecule has 7 rings (SSSR count). The predicted molar refractivity (Wildman–Crippen MR) is 167 cm³/mol. The van der Waals surface area contributed by atoms with Gasteiger partial charge in [-0.2, -0.15) is 0 Å². The maximum Gasteiger partial charge on any atom is 0.335 e. The van der Waals surface area contributed by atoms with Gasteiger partial charge in [0.15, 0.2) is 0 Å². The number of aliphatic imine (C=N–C) groups is 1. The van der Waals surface area contributed by atoms with Crippen LogP contribution in [0.4, 0.5) is 0 Å². The van der Waals surface area contributed by atoms with Crippen molar-refractivity contribution >= 4 is 56.3 Å². The zero-order chi connectivity index (χ0) is 28.1. The summed E-state index contributed by atoms with van der Waals surface area (Å²) >= 11 is 7.83. The second-order valence-corrected chi connectivity index (χ2v) is 12.6. The van der Waals surface area contributed by atoms with E-state index in [1.807, 2.05) is 30.3 Å². The molecule has 1 fully saturated rings. The maximum atomic E-state index is 11.6. The van der Waals surface area contributed by atoms with Gasteiger partial charge in [-0.1, -0.05) is 49.1 Å². The Kier molecular flexibility index (Phi) is 6.59. The lowest BCUT2D eigenvalue weighted by Gasteiger charge is -2.25. The van der Waals surface area contributed by atoms with Crippen LogP contribution in [-0.4, -0.2) is 36.4 Å². The molecule has 1 aliphatic heterocycles. The second-order valence-electron chi connectivity index (χ2n) is 11.2. The molecule has 1 saturated carbocycles. The molecule has 2 aliphatic rings. The van der Waals surface area contributed by atoms with Crippen molar-refractivity contribution in [1.82, 2.24) is 14.5 Å². The van der Waals surface area contributed by atoms with E-state index >= 15 is 0 Å². The lowest BCUT2D eigenvalue weighted by molar-refractivity contribution is 0.0697. The molecule has 2 aromatic heterocycles. The number of imidazole rings is 1. The van der Waals surface area contributed by atoms with E-state index in [0.717, 1.165) is 73.2 Å². The Morgan fingerprint density at radius 3 is 2.49 bits per heavy atom. The molecule has 1 N–H and O–H groups in total. The molecule has 0 saturated heterocycles. The van der Waals surface area contributed by atoms with E-state index in [-0.39, 0.29) is 5.56 Å². The molecule has 0 bridgehead atoms. The number of carboxylic acid groups (broad SMARTS) is 1. The monoisotopic (exact) mass is 580 g/mol. The Labute approximate surface area is 247 Å². The van der Waals surface area contributed by atoms with Gasteiger partial charge in [0.1, 0.15) is 11.4 Å². The highest BCUT2D eigenvalue weighted by atomic mass is 35.5. The number of carboxylic acids is 1. The highest BCUT2D eigenvalue weighted by Gasteiger charge is 2.34. The molecule has 41 heavy (non-hydrogen) atoms. The van der Waals surface area contributed by atoms with Crippen LogP contribution in [0.15, 0.2) is 77.8 Å². The first-order valence-corrected chi connectivity index (χ1v) is 15.4. The molecule has 0 spiro atoms. The lowest BCUT2D eigenvalue weighted by Crippen LogP contribution is -2.20. The topological polar surface area (TPSA) is 80.4 Å². The summed E-state index contributed by atoms with van der Waals surface area (Å²) in [6.07, 6.45) is 5.86. The van der Waals surface area contributed by atoms with Gasteiger partial charge in [0.05, 0.1) is 32.9 Å². The predicted octanol–water partition coefficient (Wildman–Crippen LogP) is 8.52. The average molecular weight is 581 g/mol. The fourth-order valence-electron chi connectivity index (χ4n) is 6.08. The summed E-state index contributed by atoms with van der Waals surface area (Å²) in [7, 11) is 0. The van der Waals surface area contributed by atoms with Crippen LogP contribution < -0.4 is 0 Å². The Hall–Kier alpha value is -3.68. The summed E-state index contributed by atoms with van der Waals surface area (Å²) in [5.41, 5.74) is 5.51. The Balaban J connectivity index is 1.27. The molecule has 1 atom stereocenters. The third-order valence-electron chi connectivity index (χ3n) is 8.30. The lowest BCUT2D eigenvalue weighted by atomic mass is 9.94. The Morgan fingerprint density at radius 1 is 0.927 bits per heavy atom. The van der Waals surface area contributed by atoms with Crippen LogP contribution in [0.3, 0.4) is 0 Å². The van der Waals surface area contributed by atoms with E-state index < -0.39 is 11.5 Å². The van der Waals surface area contributed by atoms with Gasteiger partial charge in [0, 0.05) is 33.3 Å². The minimum atomic E-state index is -0.938. The summed E-state index contributed by atoms with van der Waals surface area (Å²) in [6, 6.07) is 24.0. The molecule has 206 valence electrons. The van der Waals surface area contributed by atoms with Gasteiger partial charge in [0.2, 0.25) is 0 Å². The van der Waals surface area contributed by atoms with Gasteiger partial charge in [-0.3, -0.25) is 9.98 Å². The minimum absolute atomic E-state index is 0.257. The van der Waals surface area contributed by atoms with Crippen molar-refractivity contribution in [2.24, 2.45) is 4.99 Å². The van der Waals surface area contributed by atoms with Crippen LogP contribution in [0.25, 0.3) is 33.3 Å². The molecule has 1 unspecified atom stereocenters. The molecule has 3 heterocycles. The van der Waals surface area contributed by atoms with Crippen LogP contribution in [0.2, 0.25) is 5.02 Å². The number of rotatable bonds is 5. The van der Waals surface area contributed by atoms with E-state index in [2.05, 4.69) is 41.8 Å². The van der Waals surface area contributed by atoms with Gasteiger partial charge in [-0.15, -0.1) is 11.8 Å². The summed E-state index contributed by atoms with van der Waals surface area (Å²) < 4.78 is 2.34. The highest BCUT2D eigenvalue weighted by Crippen LogP contribution is 2.40. The van der Waals surface area contributed by atoms with Crippen LogP contribution in [0.1, 0.15) is 66.7 Å². The molecule has 0 radical (unpaired) electrons. The fraction of sp³-hybridized carbons (Fsp3) is 0.273. The van der Waals surface area contributed by atoms with Crippen molar-refractivity contribution in [3.8, 4) is 11.4 Å². The van der Waals surface area contributed by atoms with Crippen molar-refractivity contribution in [2.45, 2.75) is 50.6 Å². The summed E-state index contributed by atoms with van der Waals surface area (Å²) in [5.74, 6) is 0.773. The van der Waals surface area contributed by atoms with Gasteiger partial charge < -0.3 is 9.67 Å². The van der Waals surface area contributed by atoms with Crippen LogP contribution in [0, 0.1) is 0 Å². The Bertz CT molecular complexity index is 1840. The molecule has 8 heteroatoms. The first-order chi connectivity index (χ1) is 19.9. The molecular formula is C33H29ClN4O2S.